The third-order valence-corrected chi connectivity index (χ3v) is 3.78. The summed E-state index contributed by atoms with van der Waals surface area (Å²) in [5.74, 6) is -0.194. The number of alkyl halides is 2. The van der Waals surface area contributed by atoms with Crippen LogP contribution in [0.15, 0.2) is 35.3 Å². The summed E-state index contributed by atoms with van der Waals surface area (Å²) in [4.78, 5) is 8.93. The SMILES string of the molecule is C=CCC(O)c1ccc(OP(=O)(O)C(F)F)c(Br)c1. The third-order valence-electron chi connectivity index (χ3n) is 2.21. The van der Waals surface area contributed by atoms with Crippen LogP contribution >= 0.6 is 23.5 Å². The second-order valence-corrected chi connectivity index (χ2v) is 6.22. The number of hydrogen-bond acceptors (Lipinski definition) is 3. The molecule has 0 saturated carbocycles. The Morgan fingerprint density at radius 2 is 2.16 bits per heavy atom. The first-order chi connectivity index (χ1) is 8.77. The summed E-state index contributed by atoms with van der Waals surface area (Å²) in [5.41, 5.74) is 0.504. The lowest BCUT2D eigenvalue weighted by Gasteiger charge is -2.15. The first-order valence-corrected chi connectivity index (χ1v) is 7.60. The maximum absolute atomic E-state index is 12.2. The molecule has 0 saturated heterocycles. The van der Waals surface area contributed by atoms with E-state index in [2.05, 4.69) is 27.0 Å². The molecule has 0 bridgehead atoms. The lowest BCUT2D eigenvalue weighted by molar-refractivity contribution is 0.181. The standard InChI is InChI=1S/C11H12BrF2O4P/c1-2-3-9(15)7-4-5-10(8(12)6-7)18-19(16,17)11(13)14/h2,4-6,9,11,15H,1,3H2,(H,16,17). The van der Waals surface area contributed by atoms with E-state index in [4.69, 9.17) is 4.89 Å². The van der Waals surface area contributed by atoms with Gasteiger partial charge in [-0.2, -0.15) is 8.78 Å². The van der Waals surface area contributed by atoms with Crippen LogP contribution in [0.3, 0.4) is 0 Å². The van der Waals surface area contributed by atoms with Crippen molar-refractivity contribution < 1.29 is 27.9 Å². The van der Waals surface area contributed by atoms with Gasteiger partial charge < -0.3 is 14.5 Å². The van der Waals surface area contributed by atoms with E-state index in [0.29, 0.717) is 12.0 Å². The van der Waals surface area contributed by atoms with Crippen molar-refractivity contribution in [3.8, 4) is 5.75 Å². The smallest absolute Gasteiger partial charge is 0.420 e. The Kier molecular flexibility index (Phi) is 5.67. The van der Waals surface area contributed by atoms with Crippen molar-refractivity contribution in [2.75, 3.05) is 0 Å². The summed E-state index contributed by atoms with van der Waals surface area (Å²) in [6.45, 7) is 3.48. The van der Waals surface area contributed by atoms with Gasteiger partial charge in [0.1, 0.15) is 5.75 Å². The lowest BCUT2D eigenvalue weighted by Crippen LogP contribution is -2.02. The Morgan fingerprint density at radius 3 is 2.63 bits per heavy atom. The van der Waals surface area contributed by atoms with Gasteiger partial charge in [0.2, 0.25) is 0 Å². The van der Waals surface area contributed by atoms with Gasteiger partial charge >= 0.3 is 13.8 Å². The Balaban J connectivity index is 2.95. The fourth-order valence-corrected chi connectivity index (χ4v) is 2.40. The average molecular weight is 357 g/mol. The van der Waals surface area contributed by atoms with E-state index < -0.39 is 19.9 Å². The van der Waals surface area contributed by atoms with Gasteiger partial charge in [0.15, 0.2) is 0 Å². The molecular formula is C11H12BrF2O4P. The van der Waals surface area contributed by atoms with E-state index in [1.54, 1.807) is 0 Å². The van der Waals surface area contributed by atoms with Crippen molar-refractivity contribution in [1.82, 2.24) is 0 Å². The third kappa shape index (κ3) is 4.38. The fourth-order valence-electron chi connectivity index (χ4n) is 1.27. The Bertz CT molecular complexity index is 509. The molecule has 106 valence electrons. The van der Waals surface area contributed by atoms with E-state index >= 15 is 0 Å². The van der Waals surface area contributed by atoms with Gasteiger partial charge in [0.05, 0.1) is 10.6 Å². The van der Waals surface area contributed by atoms with Gasteiger partial charge in [0.25, 0.3) is 0 Å². The van der Waals surface area contributed by atoms with Gasteiger partial charge in [-0.1, -0.05) is 12.1 Å². The van der Waals surface area contributed by atoms with Gasteiger partial charge in [-0.15, -0.1) is 6.58 Å². The molecule has 19 heavy (non-hydrogen) atoms. The normalized spacial score (nSPS) is 15.9. The van der Waals surface area contributed by atoms with E-state index in [-0.39, 0.29) is 10.2 Å². The van der Waals surface area contributed by atoms with Crippen LogP contribution in [0, 0.1) is 0 Å². The van der Waals surface area contributed by atoms with Crippen LogP contribution < -0.4 is 4.52 Å². The quantitative estimate of drug-likeness (QED) is 0.600. The minimum Gasteiger partial charge on any atom is -0.420 e. The topological polar surface area (TPSA) is 66.8 Å². The molecule has 0 fully saturated rings. The molecule has 0 aliphatic heterocycles. The zero-order valence-electron chi connectivity index (χ0n) is 9.67. The molecule has 4 nitrogen and oxygen atoms in total. The number of aliphatic hydroxyl groups excluding tert-OH is 1. The molecule has 1 aromatic carbocycles. The van der Waals surface area contributed by atoms with E-state index in [9.17, 15) is 18.5 Å². The Labute approximate surface area is 117 Å². The maximum Gasteiger partial charge on any atom is 0.442 e. The molecule has 2 atom stereocenters. The molecule has 0 aromatic heterocycles. The highest BCUT2D eigenvalue weighted by Gasteiger charge is 2.34. The molecule has 0 heterocycles. The highest BCUT2D eigenvalue weighted by atomic mass is 79.9. The number of rotatable bonds is 6. The van der Waals surface area contributed by atoms with Crippen LogP contribution in [0.25, 0.3) is 0 Å². The summed E-state index contributed by atoms with van der Waals surface area (Å²) in [6, 6.07) is 4.08. The van der Waals surface area contributed by atoms with Gasteiger partial charge in [0, 0.05) is 0 Å². The first kappa shape index (κ1) is 16.3. The summed E-state index contributed by atoms with van der Waals surface area (Å²) < 4.78 is 40.1. The van der Waals surface area contributed by atoms with Crippen molar-refractivity contribution >= 4 is 23.5 Å². The molecule has 2 N–H and O–H groups in total. The average Bonchev–Trinajstić information content (AvgIpc) is 2.31. The summed E-state index contributed by atoms with van der Waals surface area (Å²) in [7, 11) is -5.01. The molecule has 0 amide bonds. The van der Waals surface area contributed by atoms with E-state index in [1.807, 2.05) is 0 Å². The molecule has 8 heteroatoms. The van der Waals surface area contributed by atoms with Gasteiger partial charge in [-0.25, -0.2) is 4.57 Å². The van der Waals surface area contributed by atoms with Gasteiger partial charge in [-0.05, 0) is 40.0 Å². The van der Waals surface area contributed by atoms with Crippen molar-refractivity contribution in [2.24, 2.45) is 0 Å². The molecule has 2 unspecified atom stereocenters. The second-order valence-electron chi connectivity index (χ2n) is 3.66. The Hall–Kier alpha value is -0.750. The van der Waals surface area contributed by atoms with Crippen LogP contribution in [-0.2, 0) is 4.57 Å². The van der Waals surface area contributed by atoms with Crippen molar-refractivity contribution in [1.29, 1.82) is 0 Å². The predicted octanol–water partition coefficient (Wildman–Crippen LogP) is 3.85. The Morgan fingerprint density at radius 1 is 1.53 bits per heavy atom. The van der Waals surface area contributed by atoms with Crippen molar-refractivity contribution in [2.45, 2.75) is 18.7 Å². The highest BCUT2D eigenvalue weighted by molar-refractivity contribution is 9.10. The largest absolute Gasteiger partial charge is 0.442 e. The molecule has 0 aliphatic rings. The summed E-state index contributed by atoms with van der Waals surface area (Å²) in [5, 5.41) is 9.70. The van der Waals surface area contributed by atoms with Crippen molar-refractivity contribution in [3.05, 3.63) is 40.9 Å². The zero-order valence-corrected chi connectivity index (χ0v) is 12.2. The first-order valence-electron chi connectivity index (χ1n) is 5.16. The van der Waals surface area contributed by atoms with Crippen LogP contribution in [0.2, 0.25) is 0 Å². The highest BCUT2D eigenvalue weighted by Crippen LogP contribution is 2.50. The van der Waals surface area contributed by atoms with Crippen molar-refractivity contribution in [3.63, 3.8) is 0 Å². The lowest BCUT2D eigenvalue weighted by atomic mass is 10.1. The van der Waals surface area contributed by atoms with Gasteiger partial charge in [-0.3, -0.25) is 0 Å². The fraction of sp³-hybridized carbons (Fsp3) is 0.273. The monoisotopic (exact) mass is 356 g/mol. The number of hydrogen-bond donors (Lipinski definition) is 2. The van der Waals surface area contributed by atoms with Crippen LogP contribution in [0.5, 0.6) is 5.75 Å². The molecule has 1 aromatic rings. The zero-order chi connectivity index (χ0) is 14.6. The second kappa shape index (κ2) is 6.61. The van der Waals surface area contributed by atoms with E-state index in [1.165, 1.54) is 24.3 Å². The minimum absolute atomic E-state index is 0.194. The minimum atomic E-state index is -5.01. The van der Waals surface area contributed by atoms with Crippen LogP contribution in [0.4, 0.5) is 8.78 Å². The molecule has 1 rings (SSSR count). The van der Waals surface area contributed by atoms with Crippen LogP contribution in [-0.4, -0.2) is 16.2 Å². The number of aliphatic hydroxyl groups is 1. The maximum atomic E-state index is 12.2. The molecule has 0 spiro atoms. The predicted molar refractivity (Wildman–Crippen MR) is 70.4 cm³/mol. The number of halogens is 3. The summed E-state index contributed by atoms with van der Waals surface area (Å²) in [6.07, 6.45) is -2.42. The number of benzene rings is 1. The molecule has 0 aliphatic carbocycles. The summed E-state index contributed by atoms with van der Waals surface area (Å²) >= 11 is 3.03. The molecular weight excluding hydrogens is 345 g/mol. The molecule has 0 radical (unpaired) electrons. The van der Waals surface area contributed by atoms with Crippen LogP contribution in [0.1, 0.15) is 18.1 Å². The van der Waals surface area contributed by atoms with E-state index in [0.717, 1.165) is 0 Å².